The average Bonchev–Trinajstić information content (AvgIpc) is 2.89. The summed E-state index contributed by atoms with van der Waals surface area (Å²) < 4.78 is 5.55. The van der Waals surface area contributed by atoms with Crippen LogP contribution in [0.4, 0.5) is 0 Å². The molecule has 2 aliphatic rings. The topological polar surface area (TPSA) is 41.6 Å². The summed E-state index contributed by atoms with van der Waals surface area (Å²) in [5.74, 6) is 0.285. The van der Waals surface area contributed by atoms with Gasteiger partial charge in [0.1, 0.15) is 0 Å². The Hall–Kier alpha value is -0.610. The van der Waals surface area contributed by atoms with Gasteiger partial charge in [-0.25, -0.2) is 0 Å². The fourth-order valence-corrected chi connectivity index (χ4v) is 2.73. The van der Waals surface area contributed by atoms with E-state index in [1.54, 1.807) is 0 Å². The molecule has 0 bridgehead atoms. The Kier molecular flexibility index (Phi) is 4.80. The van der Waals surface area contributed by atoms with Crippen LogP contribution in [-0.2, 0) is 9.53 Å². The Morgan fingerprint density at radius 2 is 2.12 bits per heavy atom. The Balaban J connectivity index is 1.70. The number of hydrogen-bond acceptors (Lipinski definition) is 3. The lowest BCUT2D eigenvalue weighted by Gasteiger charge is -2.32. The maximum Gasteiger partial charge on any atom is 0.222 e. The highest BCUT2D eigenvalue weighted by atomic mass is 16.5. The fraction of sp³-hybridized carbons (Fsp3) is 0.923. The van der Waals surface area contributed by atoms with E-state index in [4.69, 9.17) is 4.74 Å². The Morgan fingerprint density at radius 3 is 2.76 bits per heavy atom. The number of carbonyl (C=O) groups is 1. The number of carbonyl (C=O) groups excluding carboxylic acids is 1. The highest BCUT2D eigenvalue weighted by Crippen LogP contribution is 2.18. The molecule has 4 nitrogen and oxygen atoms in total. The SMILES string of the molecule is CN(C(=O)CCC1CCCO1)C1CCNCC1. The van der Waals surface area contributed by atoms with E-state index < -0.39 is 0 Å². The lowest BCUT2D eigenvalue weighted by molar-refractivity contribution is -0.133. The maximum atomic E-state index is 12.0. The molecule has 1 N–H and O–H groups in total. The van der Waals surface area contributed by atoms with Crippen LogP contribution in [0.5, 0.6) is 0 Å². The van der Waals surface area contributed by atoms with E-state index in [0.717, 1.165) is 51.8 Å². The van der Waals surface area contributed by atoms with Gasteiger partial charge in [-0.3, -0.25) is 4.79 Å². The van der Waals surface area contributed by atoms with Crippen LogP contribution in [0, 0.1) is 0 Å². The van der Waals surface area contributed by atoms with Gasteiger partial charge in [0.2, 0.25) is 5.91 Å². The molecule has 0 aromatic rings. The van der Waals surface area contributed by atoms with Crippen molar-refractivity contribution < 1.29 is 9.53 Å². The fourth-order valence-electron chi connectivity index (χ4n) is 2.73. The second-order valence-electron chi connectivity index (χ2n) is 5.16. The molecule has 4 heteroatoms. The zero-order chi connectivity index (χ0) is 12.1. The predicted octanol–water partition coefficient (Wildman–Crippen LogP) is 1.16. The van der Waals surface area contributed by atoms with Crippen molar-refractivity contribution in [2.24, 2.45) is 0 Å². The minimum Gasteiger partial charge on any atom is -0.378 e. The van der Waals surface area contributed by atoms with Crippen molar-refractivity contribution in [3.63, 3.8) is 0 Å². The van der Waals surface area contributed by atoms with Gasteiger partial charge in [-0.1, -0.05) is 0 Å². The molecule has 0 radical (unpaired) electrons. The largest absolute Gasteiger partial charge is 0.378 e. The van der Waals surface area contributed by atoms with Crippen LogP contribution in [-0.4, -0.2) is 49.7 Å². The van der Waals surface area contributed by atoms with Crippen LogP contribution in [0.1, 0.15) is 38.5 Å². The van der Waals surface area contributed by atoms with Crippen LogP contribution in [0.15, 0.2) is 0 Å². The minimum absolute atomic E-state index is 0.285. The van der Waals surface area contributed by atoms with Crippen LogP contribution in [0.25, 0.3) is 0 Å². The second-order valence-corrected chi connectivity index (χ2v) is 5.16. The Morgan fingerprint density at radius 1 is 1.35 bits per heavy atom. The highest BCUT2D eigenvalue weighted by Gasteiger charge is 2.23. The molecule has 0 spiro atoms. The molecule has 2 aliphatic heterocycles. The van der Waals surface area contributed by atoms with Crippen molar-refractivity contribution in [1.82, 2.24) is 10.2 Å². The third kappa shape index (κ3) is 3.68. The summed E-state index contributed by atoms with van der Waals surface area (Å²) in [5, 5.41) is 3.33. The number of hydrogen-bond donors (Lipinski definition) is 1. The molecule has 0 aromatic heterocycles. The molecule has 2 rings (SSSR count). The maximum absolute atomic E-state index is 12.0. The van der Waals surface area contributed by atoms with E-state index in [9.17, 15) is 4.79 Å². The lowest BCUT2D eigenvalue weighted by atomic mass is 10.0. The summed E-state index contributed by atoms with van der Waals surface area (Å²) in [5.41, 5.74) is 0. The van der Waals surface area contributed by atoms with E-state index in [-0.39, 0.29) is 5.91 Å². The lowest BCUT2D eigenvalue weighted by Crippen LogP contribution is -2.44. The van der Waals surface area contributed by atoms with Crippen molar-refractivity contribution in [1.29, 1.82) is 0 Å². The first-order chi connectivity index (χ1) is 8.27. The molecule has 0 saturated carbocycles. The van der Waals surface area contributed by atoms with Crippen LogP contribution in [0.3, 0.4) is 0 Å². The molecule has 2 heterocycles. The molecule has 17 heavy (non-hydrogen) atoms. The third-order valence-corrected chi connectivity index (χ3v) is 3.95. The zero-order valence-corrected chi connectivity index (χ0v) is 10.8. The number of nitrogens with one attached hydrogen (secondary N) is 1. The highest BCUT2D eigenvalue weighted by molar-refractivity contribution is 5.76. The number of amides is 1. The number of rotatable bonds is 4. The van der Waals surface area contributed by atoms with E-state index in [1.807, 2.05) is 11.9 Å². The quantitative estimate of drug-likeness (QED) is 0.801. The van der Waals surface area contributed by atoms with E-state index in [0.29, 0.717) is 18.6 Å². The van der Waals surface area contributed by atoms with Gasteiger partial charge in [0.25, 0.3) is 0 Å². The van der Waals surface area contributed by atoms with Crippen LogP contribution < -0.4 is 5.32 Å². The number of ether oxygens (including phenoxy) is 1. The third-order valence-electron chi connectivity index (χ3n) is 3.95. The van der Waals surface area contributed by atoms with Gasteiger partial charge in [0.15, 0.2) is 0 Å². The molecular formula is C13H24N2O2. The molecular weight excluding hydrogens is 216 g/mol. The number of piperidine rings is 1. The van der Waals surface area contributed by atoms with Gasteiger partial charge in [0.05, 0.1) is 6.10 Å². The minimum atomic E-state index is 0.285. The van der Waals surface area contributed by atoms with E-state index >= 15 is 0 Å². The first kappa shape index (κ1) is 12.8. The summed E-state index contributed by atoms with van der Waals surface area (Å²) in [6, 6.07) is 0.438. The Bertz CT molecular complexity index is 246. The zero-order valence-electron chi connectivity index (χ0n) is 10.8. The molecule has 0 aromatic carbocycles. The van der Waals surface area contributed by atoms with Crippen molar-refractivity contribution in [3.05, 3.63) is 0 Å². The smallest absolute Gasteiger partial charge is 0.222 e. The van der Waals surface area contributed by atoms with E-state index in [2.05, 4.69) is 5.32 Å². The Labute approximate surface area is 104 Å². The monoisotopic (exact) mass is 240 g/mol. The van der Waals surface area contributed by atoms with Crippen LogP contribution >= 0.6 is 0 Å². The van der Waals surface area contributed by atoms with Gasteiger partial charge in [-0.2, -0.15) is 0 Å². The molecule has 1 amide bonds. The van der Waals surface area contributed by atoms with Crippen molar-refractivity contribution >= 4 is 5.91 Å². The first-order valence-electron chi connectivity index (χ1n) is 6.85. The standard InChI is InChI=1S/C13H24N2O2/c1-15(11-6-8-14-9-7-11)13(16)5-4-12-3-2-10-17-12/h11-12,14H,2-10H2,1H3. The van der Waals surface area contributed by atoms with Gasteiger partial charge in [0, 0.05) is 26.1 Å². The van der Waals surface area contributed by atoms with Gasteiger partial charge >= 0.3 is 0 Å². The summed E-state index contributed by atoms with van der Waals surface area (Å²) in [7, 11) is 1.95. The first-order valence-corrected chi connectivity index (χ1v) is 6.85. The normalized spacial score (nSPS) is 26.1. The summed E-state index contributed by atoms with van der Waals surface area (Å²) >= 11 is 0. The van der Waals surface area contributed by atoms with Crippen molar-refractivity contribution in [2.75, 3.05) is 26.7 Å². The molecule has 98 valence electrons. The van der Waals surface area contributed by atoms with Gasteiger partial charge in [-0.15, -0.1) is 0 Å². The summed E-state index contributed by atoms with van der Waals surface area (Å²) in [4.78, 5) is 14.0. The molecule has 0 aliphatic carbocycles. The van der Waals surface area contributed by atoms with Gasteiger partial charge in [-0.05, 0) is 45.2 Å². The second kappa shape index (κ2) is 6.36. The molecule has 1 unspecified atom stereocenters. The molecule has 2 saturated heterocycles. The predicted molar refractivity (Wildman–Crippen MR) is 66.9 cm³/mol. The van der Waals surface area contributed by atoms with Crippen molar-refractivity contribution in [2.45, 2.75) is 50.7 Å². The van der Waals surface area contributed by atoms with Gasteiger partial charge < -0.3 is 15.0 Å². The summed E-state index contributed by atoms with van der Waals surface area (Å²) in [6.45, 7) is 2.95. The summed E-state index contributed by atoms with van der Waals surface area (Å²) in [6.07, 6.45) is 6.33. The average molecular weight is 240 g/mol. The molecule has 1 atom stereocenters. The molecule has 2 fully saturated rings. The van der Waals surface area contributed by atoms with Crippen LogP contribution in [0.2, 0.25) is 0 Å². The number of nitrogens with zero attached hydrogens (tertiary/aromatic N) is 1. The van der Waals surface area contributed by atoms with Crippen molar-refractivity contribution in [3.8, 4) is 0 Å². The van der Waals surface area contributed by atoms with E-state index in [1.165, 1.54) is 0 Å².